The molecule has 10 heteroatoms. The van der Waals surface area contributed by atoms with Gasteiger partial charge in [-0.2, -0.15) is 5.10 Å². The van der Waals surface area contributed by atoms with Gasteiger partial charge < -0.3 is 4.74 Å². The molecule has 1 aromatic heterocycles. The van der Waals surface area contributed by atoms with E-state index in [0.29, 0.717) is 28.8 Å². The first-order valence-corrected chi connectivity index (χ1v) is 12.7. The minimum Gasteiger partial charge on any atom is -0.497 e. The fourth-order valence-corrected chi connectivity index (χ4v) is 5.13. The normalized spacial score (nSPS) is 13.1. The van der Waals surface area contributed by atoms with Crippen molar-refractivity contribution in [1.82, 2.24) is 14.5 Å². The summed E-state index contributed by atoms with van der Waals surface area (Å²) in [6.07, 6.45) is 5.32. The van der Waals surface area contributed by atoms with Gasteiger partial charge in [0.05, 0.1) is 30.4 Å². The molecule has 2 aromatic carbocycles. The van der Waals surface area contributed by atoms with E-state index < -0.39 is 15.9 Å². The highest BCUT2D eigenvalue weighted by Gasteiger charge is 2.21. The van der Waals surface area contributed by atoms with Crippen molar-refractivity contribution in [2.75, 3.05) is 7.11 Å². The van der Waals surface area contributed by atoms with Crippen molar-refractivity contribution in [3.05, 3.63) is 87.3 Å². The zero-order chi connectivity index (χ0) is 24.3. The molecule has 0 bridgehead atoms. The van der Waals surface area contributed by atoms with Crippen LogP contribution in [0.15, 0.2) is 65.4 Å². The van der Waals surface area contributed by atoms with Crippen LogP contribution < -0.4 is 9.46 Å². The Morgan fingerprint density at radius 3 is 2.68 bits per heavy atom. The number of aryl methyl sites for hydroxylation is 1. The smallest absolute Gasteiger partial charge is 0.265 e. The Bertz CT molecular complexity index is 1410. The second-order valence-corrected chi connectivity index (χ2v) is 10.2. The number of methoxy groups -OCH3 is 1. The molecule has 1 heterocycles. The lowest BCUT2D eigenvalue weighted by Crippen LogP contribution is -2.28. The Labute approximate surface area is 207 Å². The van der Waals surface area contributed by atoms with E-state index in [4.69, 9.17) is 27.9 Å². The van der Waals surface area contributed by atoms with Crippen LogP contribution >= 0.6 is 23.2 Å². The summed E-state index contributed by atoms with van der Waals surface area (Å²) in [6.45, 7) is 0.425. The molecule has 1 amide bonds. The number of hydrogen-bond donors (Lipinski definition) is 1. The molecular weight excluding hydrogens is 497 g/mol. The van der Waals surface area contributed by atoms with Gasteiger partial charge in [-0.25, -0.2) is 13.1 Å². The topological polar surface area (TPSA) is 90.3 Å². The van der Waals surface area contributed by atoms with Crippen LogP contribution in [0.5, 0.6) is 5.75 Å². The lowest BCUT2D eigenvalue weighted by atomic mass is 9.93. The predicted molar refractivity (Wildman–Crippen MR) is 131 cm³/mol. The van der Waals surface area contributed by atoms with E-state index in [-0.39, 0.29) is 4.90 Å². The molecule has 0 saturated carbocycles. The third-order valence-electron chi connectivity index (χ3n) is 5.39. The number of hydrogen-bond acceptors (Lipinski definition) is 5. The SMILES string of the molecule is COc1ccc(S(=O)(=O)NC(=O)C=C=C2CCCc3cnn(Cc4ccc(Cl)cc4Cl)c32)cc1. The molecule has 0 spiro atoms. The van der Waals surface area contributed by atoms with Crippen molar-refractivity contribution in [3.63, 3.8) is 0 Å². The molecule has 1 N–H and O–H groups in total. The van der Waals surface area contributed by atoms with Gasteiger partial charge in [-0.1, -0.05) is 29.3 Å². The summed E-state index contributed by atoms with van der Waals surface area (Å²) in [4.78, 5) is 12.4. The number of carbonyl (C=O) groups excluding carboxylic acids is 1. The molecule has 7 nitrogen and oxygen atoms in total. The Morgan fingerprint density at radius 2 is 1.97 bits per heavy atom. The number of rotatable bonds is 6. The monoisotopic (exact) mass is 517 g/mol. The largest absolute Gasteiger partial charge is 0.497 e. The van der Waals surface area contributed by atoms with E-state index in [0.717, 1.165) is 41.3 Å². The minimum absolute atomic E-state index is 0.0411. The molecule has 0 aliphatic heterocycles. The molecule has 1 aliphatic carbocycles. The lowest BCUT2D eigenvalue weighted by molar-refractivity contribution is -0.114. The highest BCUT2D eigenvalue weighted by Crippen LogP contribution is 2.31. The van der Waals surface area contributed by atoms with Gasteiger partial charge in [0.2, 0.25) is 0 Å². The third kappa shape index (κ3) is 5.37. The number of ether oxygens (including phenoxy) is 1. The van der Waals surface area contributed by atoms with Gasteiger partial charge in [-0.05, 0) is 66.8 Å². The quantitative estimate of drug-likeness (QED) is 0.380. The van der Waals surface area contributed by atoms with E-state index in [9.17, 15) is 13.2 Å². The van der Waals surface area contributed by atoms with Gasteiger partial charge in [-0.3, -0.25) is 9.48 Å². The Balaban J connectivity index is 1.57. The van der Waals surface area contributed by atoms with E-state index in [1.807, 2.05) is 15.5 Å². The van der Waals surface area contributed by atoms with Crippen LogP contribution in [0.2, 0.25) is 10.0 Å². The number of nitrogens with zero attached hydrogens (tertiary/aromatic N) is 2. The van der Waals surface area contributed by atoms with Crippen molar-refractivity contribution in [3.8, 4) is 5.75 Å². The van der Waals surface area contributed by atoms with Crippen molar-refractivity contribution in [2.24, 2.45) is 0 Å². The number of sulfonamides is 1. The molecule has 0 atom stereocenters. The van der Waals surface area contributed by atoms with E-state index in [1.165, 1.54) is 31.4 Å². The minimum atomic E-state index is -4.02. The van der Waals surface area contributed by atoms with Crippen LogP contribution in [0.25, 0.3) is 5.57 Å². The standard InChI is InChI=1S/C24H21Cl2N3O4S/c1-33-20-8-10-21(11-9-20)34(31,32)28-23(30)12-6-16-3-2-4-17-14-27-29(24(16)17)15-18-5-7-19(25)13-22(18)26/h5,7-14H,2-4,15H2,1H3,(H,28,30). The lowest BCUT2D eigenvalue weighted by Gasteiger charge is -2.16. The first kappa shape index (κ1) is 24.1. The number of carbonyl (C=O) groups is 1. The van der Waals surface area contributed by atoms with Crippen LogP contribution in [0, 0.1) is 0 Å². The highest BCUT2D eigenvalue weighted by molar-refractivity contribution is 7.90. The zero-order valence-electron chi connectivity index (χ0n) is 18.2. The summed E-state index contributed by atoms with van der Waals surface area (Å²) >= 11 is 12.3. The Morgan fingerprint density at radius 1 is 1.21 bits per heavy atom. The van der Waals surface area contributed by atoms with Gasteiger partial charge >= 0.3 is 0 Å². The maximum atomic E-state index is 12.5. The maximum Gasteiger partial charge on any atom is 0.265 e. The van der Waals surface area contributed by atoms with Gasteiger partial charge in [0.25, 0.3) is 15.9 Å². The molecule has 0 radical (unpaired) electrons. The zero-order valence-corrected chi connectivity index (χ0v) is 20.5. The summed E-state index contributed by atoms with van der Waals surface area (Å²) in [6, 6.07) is 11.0. The molecule has 3 aromatic rings. The number of amides is 1. The van der Waals surface area contributed by atoms with E-state index in [2.05, 4.69) is 10.8 Å². The Hall–Kier alpha value is -3.03. The number of benzene rings is 2. The molecule has 0 saturated heterocycles. The average molecular weight is 518 g/mol. The van der Waals surface area contributed by atoms with Crippen molar-refractivity contribution in [2.45, 2.75) is 30.7 Å². The predicted octanol–water partition coefficient (Wildman–Crippen LogP) is 4.63. The molecule has 0 fully saturated rings. The molecule has 34 heavy (non-hydrogen) atoms. The van der Waals surface area contributed by atoms with Crippen molar-refractivity contribution in [1.29, 1.82) is 0 Å². The number of fused-ring (bicyclic) bond motifs is 1. The fraction of sp³-hybridized carbons (Fsp3) is 0.208. The van der Waals surface area contributed by atoms with Gasteiger partial charge in [0, 0.05) is 21.7 Å². The summed E-state index contributed by atoms with van der Waals surface area (Å²) in [5.41, 5.74) is 6.52. The third-order valence-corrected chi connectivity index (χ3v) is 7.34. The first-order chi connectivity index (χ1) is 16.3. The van der Waals surface area contributed by atoms with Crippen LogP contribution in [-0.2, 0) is 27.8 Å². The molecule has 176 valence electrons. The van der Waals surface area contributed by atoms with E-state index in [1.54, 1.807) is 18.3 Å². The van der Waals surface area contributed by atoms with Crippen LogP contribution in [0.1, 0.15) is 29.7 Å². The molecule has 4 rings (SSSR count). The number of aromatic nitrogens is 2. The van der Waals surface area contributed by atoms with Crippen molar-refractivity contribution >= 4 is 44.7 Å². The number of nitrogens with one attached hydrogen (secondary N) is 1. The second-order valence-electron chi connectivity index (χ2n) is 7.68. The fourth-order valence-electron chi connectivity index (χ4n) is 3.73. The van der Waals surface area contributed by atoms with Crippen molar-refractivity contribution < 1.29 is 17.9 Å². The number of halogens is 2. The summed E-state index contributed by atoms with van der Waals surface area (Å²) in [5.74, 6) is -0.276. The molecule has 1 aliphatic rings. The van der Waals surface area contributed by atoms with Gasteiger partial charge in [0.1, 0.15) is 5.75 Å². The van der Waals surface area contributed by atoms with Gasteiger partial charge in [0.15, 0.2) is 0 Å². The summed E-state index contributed by atoms with van der Waals surface area (Å²) < 4.78 is 33.9. The van der Waals surface area contributed by atoms with Gasteiger partial charge in [-0.15, -0.1) is 5.73 Å². The first-order valence-electron chi connectivity index (χ1n) is 10.4. The molecule has 0 unspecified atom stereocenters. The van der Waals surface area contributed by atoms with Crippen LogP contribution in [0.3, 0.4) is 0 Å². The Kier molecular flexibility index (Phi) is 7.14. The summed E-state index contributed by atoms with van der Waals surface area (Å²) in [5, 5.41) is 5.58. The van der Waals surface area contributed by atoms with Crippen LogP contribution in [-0.4, -0.2) is 31.2 Å². The maximum absolute atomic E-state index is 12.5. The second kappa shape index (κ2) is 10.1. The van der Waals surface area contributed by atoms with Crippen LogP contribution in [0.4, 0.5) is 0 Å². The van der Waals surface area contributed by atoms with E-state index >= 15 is 0 Å². The highest BCUT2D eigenvalue weighted by atomic mass is 35.5. The molecular formula is C24H21Cl2N3O4S. The summed E-state index contributed by atoms with van der Waals surface area (Å²) in [7, 11) is -2.54. The average Bonchev–Trinajstić information content (AvgIpc) is 3.23.